The van der Waals surface area contributed by atoms with Gasteiger partial charge in [-0.25, -0.2) is 9.59 Å². The number of ether oxygens (including phenoxy) is 2. The Kier molecular flexibility index (Phi) is 7.44. The summed E-state index contributed by atoms with van der Waals surface area (Å²) in [5.74, 6) is -1.02. The molecule has 0 aromatic heterocycles. The molecule has 0 fully saturated rings. The van der Waals surface area contributed by atoms with E-state index in [4.69, 9.17) is 9.47 Å². The first-order valence-electron chi connectivity index (χ1n) is 8.37. The number of carbonyl (C=O) groups is 2. The van der Waals surface area contributed by atoms with E-state index < -0.39 is 18.2 Å². The first kappa shape index (κ1) is 18.5. The van der Waals surface area contributed by atoms with Gasteiger partial charge < -0.3 is 9.47 Å². The molecule has 4 heteroatoms. The summed E-state index contributed by atoms with van der Waals surface area (Å²) in [6.07, 6.45) is 5.07. The maximum absolute atomic E-state index is 12.2. The lowest BCUT2D eigenvalue weighted by Gasteiger charge is -2.18. The summed E-state index contributed by atoms with van der Waals surface area (Å²) in [5.41, 5.74) is 0.847. The summed E-state index contributed by atoms with van der Waals surface area (Å²) in [7, 11) is 0. The van der Waals surface area contributed by atoms with Crippen LogP contribution in [-0.2, 0) is 9.47 Å². The molecule has 0 heterocycles. The monoisotopic (exact) mass is 338 g/mol. The lowest BCUT2D eigenvalue weighted by Crippen LogP contribution is -2.24. The van der Waals surface area contributed by atoms with Crippen LogP contribution in [0.3, 0.4) is 0 Å². The van der Waals surface area contributed by atoms with Gasteiger partial charge in [0.25, 0.3) is 0 Å². The van der Waals surface area contributed by atoms with Gasteiger partial charge in [0.1, 0.15) is 0 Å². The minimum Gasteiger partial charge on any atom is -0.422 e. The zero-order chi connectivity index (χ0) is 17.9. The largest absolute Gasteiger partial charge is 0.422 e. The highest BCUT2D eigenvalue weighted by Gasteiger charge is 2.20. The van der Waals surface area contributed by atoms with Crippen molar-refractivity contribution in [3.05, 3.63) is 83.9 Å². The molecule has 0 radical (unpaired) electrons. The quantitative estimate of drug-likeness (QED) is 0.395. The molecular formula is C21H22O4. The second-order valence-corrected chi connectivity index (χ2v) is 5.43. The minimum absolute atomic E-state index is 0.410. The highest BCUT2D eigenvalue weighted by Crippen LogP contribution is 2.13. The molecule has 0 N–H and O–H groups in total. The van der Waals surface area contributed by atoms with Gasteiger partial charge in [0.05, 0.1) is 11.1 Å². The topological polar surface area (TPSA) is 52.6 Å². The van der Waals surface area contributed by atoms with Crippen molar-refractivity contribution in [3.63, 3.8) is 0 Å². The molecule has 0 saturated heterocycles. The van der Waals surface area contributed by atoms with E-state index in [0.29, 0.717) is 24.0 Å². The van der Waals surface area contributed by atoms with Crippen molar-refractivity contribution in [1.82, 2.24) is 0 Å². The molecule has 0 atom stereocenters. The van der Waals surface area contributed by atoms with Crippen LogP contribution in [0.15, 0.2) is 72.8 Å². The number of carbonyl (C=O) groups excluding carboxylic acids is 2. The van der Waals surface area contributed by atoms with E-state index in [1.807, 2.05) is 31.2 Å². The van der Waals surface area contributed by atoms with E-state index in [0.717, 1.165) is 6.42 Å². The van der Waals surface area contributed by atoms with E-state index in [2.05, 4.69) is 0 Å². The van der Waals surface area contributed by atoms with Crippen molar-refractivity contribution in [2.24, 2.45) is 0 Å². The van der Waals surface area contributed by atoms with Crippen molar-refractivity contribution in [3.8, 4) is 0 Å². The predicted molar refractivity (Wildman–Crippen MR) is 96.2 cm³/mol. The van der Waals surface area contributed by atoms with Crippen LogP contribution in [0.1, 0.15) is 46.9 Å². The summed E-state index contributed by atoms with van der Waals surface area (Å²) >= 11 is 0. The van der Waals surface area contributed by atoms with Crippen LogP contribution in [0, 0.1) is 0 Å². The lowest BCUT2D eigenvalue weighted by atomic mass is 10.2. The van der Waals surface area contributed by atoms with Crippen LogP contribution >= 0.6 is 0 Å². The number of rotatable bonds is 8. The van der Waals surface area contributed by atoms with Crippen LogP contribution in [0.25, 0.3) is 0 Å². The van der Waals surface area contributed by atoms with E-state index >= 15 is 0 Å². The van der Waals surface area contributed by atoms with Crippen molar-refractivity contribution < 1.29 is 19.1 Å². The normalized spacial score (nSPS) is 10.8. The summed E-state index contributed by atoms with van der Waals surface area (Å²) < 4.78 is 10.8. The van der Waals surface area contributed by atoms with Gasteiger partial charge in [0.15, 0.2) is 0 Å². The Hall–Kier alpha value is -2.88. The smallest absolute Gasteiger partial charge is 0.341 e. The fourth-order valence-corrected chi connectivity index (χ4v) is 2.18. The van der Waals surface area contributed by atoms with E-state index in [9.17, 15) is 9.59 Å². The highest BCUT2D eigenvalue weighted by atomic mass is 16.7. The molecule has 0 amide bonds. The Morgan fingerprint density at radius 1 is 0.840 bits per heavy atom. The molecule has 0 unspecified atom stereocenters. The predicted octanol–water partition coefficient (Wildman–Crippen LogP) is 4.77. The fraction of sp³-hybridized carbons (Fsp3) is 0.238. The SMILES string of the molecule is CCC=CCCC(OC(=O)c1ccccc1)OC(=O)c1ccccc1. The van der Waals surface area contributed by atoms with Gasteiger partial charge >= 0.3 is 11.9 Å². The fourth-order valence-electron chi connectivity index (χ4n) is 2.18. The molecule has 130 valence electrons. The van der Waals surface area contributed by atoms with Crippen LogP contribution in [0.4, 0.5) is 0 Å². The number of allylic oxidation sites excluding steroid dienone is 2. The van der Waals surface area contributed by atoms with Crippen molar-refractivity contribution >= 4 is 11.9 Å². The van der Waals surface area contributed by atoms with Crippen LogP contribution in [-0.4, -0.2) is 18.2 Å². The van der Waals surface area contributed by atoms with Gasteiger partial charge in [-0.2, -0.15) is 0 Å². The second-order valence-electron chi connectivity index (χ2n) is 5.43. The average molecular weight is 338 g/mol. The summed E-state index contributed by atoms with van der Waals surface area (Å²) in [5, 5.41) is 0. The van der Waals surface area contributed by atoms with Crippen molar-refractivity contribution in [1.29, 1.82) is 0 Å². The molecule has 25 heavy (non-hydrogen) atoms. The maximum atomic E-state index is 12.2. The van der Waals surface area contributed by atoms with Crippen molar-refractivity contribution in [2.75, 3.05) is 0 Å². The van der Waals surface area contributed by atoms with Crippen LogP contribution < -0.4 is 0 Å². The number of esters is 2. The van der Waals surface area contributed by atoms with Gasteiger partial charge in [0.2, 0.25) is 6.29 Å². The number of benzene rings is 2. The highest BCUT2D eigenvalue weighted by molar-refractivity contribution is 5.90. The van der Waals surface area contributed by atoms with Gasteiger partial charge in [-0.05, 0) is 37.1 Å². The molecular weight excluding hydrogens is 316 g/mol. The first-order chi connectivity index (χ1) is 12.2. The molecule has 0 saturated carbocycles. The molecule has 2 aromatic carbocycles. The molecule has 2 aromatic rings. The number of hydrogen-bond acceptors (Lipinski definition) is 4. The standard InChI is InChI=1S/C21H22O4/c1-2-3-4-11-16-19(24-20(22)17-12-7-5-8-13-17)25-21(23)18-14-9-6-10-15-18/h3-10,12-15,19H,2,11,16H2,1H3. The van der Waals surface area contributed by atoms with Gasteiger partial charge in [-0.15, -0.1) is 0 Å². The zero-order valence-corrected chi connectivity index (χ0v) is 14.3. The lowest BCUT2D eigenvalue weighted by molar-refractivity contribution is -0.0823. The van der Waals surface area contributed by atoms with Crippen molar-refractivity contribution in [2.45, 2.75) is 32.5 Å². The van der Waals surface area contributed by atoms with E-state index in [-0.39, 0.29) is 0 Å². The molecule has 4 nitrogen and oxygen atoms in total. The average Bonchev–Trinajstić information content (AvgIpc) is 2.66. The molecule has 2 rings (SSSR count). The molecule has 0 aliphatic carbocycles. The third kappa shape index (κ3) is 6.26. The third-order valence-electron chi connectivity index (χ3n) is 3.47. The maximum Gasteiger partial charge on any atom is 0.341 e. The van der Waals surface area contributed by atoms with E-state index in [1.54, 1.807) is 48.5 Å². The molecule has 0 aliphatic heterocycles. The Morgan fingerprint density at radius 2 is 1.32 bits per heavy atom. The van der Waals surface area contributed by atoms with E-state index in [1.165, 1.54) is 0 Å². The van der Waals surface area contributed by atoms with Gasteiger partial charge in [-0.1, -0.05) is 55.5 Å². The third-order valence-corrected chi connectivity index (χ3v) is 3.47. The van der Waals surface area contributed by atoms with Crippen LogP contribution in [0.5, 0.6) is 0 Å². The Labute approximate surface area is 148 Å². The second kappa shape index (κ2) is 10.1. The Morgan fingerprint density at radius 3 is 1.76 bits per heavy atom. The molecule has 0 bridgehead atoms. The summed E-state index contributed by atoms with van der Waals surface area (Å²) in [6, 6.07) is 17.3. The molecule has 0 spiro atoms. The van der Waals surface area contributed by atoms with Gasteiger partial charge in [-0.3, -0.25) is 0 Å². The minimum atomic E-state index is -0.929. The Bertz CT molecular complexity index is 639. The first-order valence-corrected chi connectivity index (χ1v) is 8.37. The molecule has 0 aliphatic rings. The zero-order valence-electron chi connectivity index (χ0n) is 14.3. The van der Waals surface area contributed by atoms with Crippen LogP contribution in [0.2, 0.25) is 0 Å². The van der Waals surface area contributed by atoms with Gasteiger partial charge in [0, 0.05) is 6.42 Å². The number of hydrogen-bond donors (Lipinski definition) is 0. The summed E-state index contributed by atoms with van der Waals surface area (Å²) in [6.45, 7) is 2.04. The summed E-state index contributed by atoms with van der Waals surface area (Å²) in [4.78, 5) is 24.5. The Balaban J connectivity index is 2.02.